The largest absolute Gasteiger partial charge is 0.416 e. The summed E-state index contributed by atoms with van der Waals surface area (Å²) < 4.78 is 37.7. The summed E-state index contributed by atoms with van der Waals surface area (Å²) in [5.74, 6) is -1.27. The predicted molar refractivity (Wildman–Crippen MR) is 107 cm³/mol. The first-order valence-corrected chi connectivity index (χ1v) is 9.47. The van der Waals surface area contributed by atoms with Crippen LogP contribution in [0.15, 0.2) is 60.7 Å². The number of carbonyl (C=O) groups excluding carboxylic acids is 3. The van der Waals surface area contributed by atoms with Crippen molar-refractivity contribution in [1.29, 1.82) is 0 Å². The SMILES string of the molecule is O=C(/C=C/c1ccc(C(F)(F)F)cc1)NCC(=O)N1CC(=O)NC(c2ccccc2)C1. The van der Waals surface area contributed by atoms with Gasteiger partial charge in [-0.25, -0.2) is 0 Å². The lowest BCUT2D eigenvalue weighted by Crippen LogP contribution is -2.53. The van der Waals surface area contributed by atoms with E-state index in [2.05, 4.69) is 10.6 Å². The Morgan fingerprint density at radius 3 is 2.42 bits per heavy atom. The fraction of sp³-hybridized carbons (Fsp3) is 0.227. The maximum absolute atomic E-state index is 12.6. The molecule has 0 aliphatic carbocycles. The molecule has 1 aliphatic rings. The van der Waals surface area contributed by atoms with Crippen molar-refractivity contribution < 1.29 is 27.6 Å². The topological polar surface area (TPSA) is 78.5 Å². The van der Waals surface area contributed by atoms with Crippen molar-refractivity contribution in [3.05, 3.63) is 77.4 Å². The molecule has 1 unspecified atom stereocenters. The summed E-state index contributed by atoms with van der Waals surface area (Å²) in [5, 5.41) is 5.26. The Bertz CT molecular complexity index is 973. The van der Waals surface area contributed by atoms with E-state index in [4.69, 9.17) is 0 Å². The summed E-state index contributed by atoms with van der Waals surface area (Å²) >= 11 is 0. The minimum Gasteiger partial charge on any atom is -0.346 e. The summed E-state index contributed by atoms with van der Waals surface area (Å²) in [4.78, 5) is 37.7. The maximum atomic E-state index is 12.6. The summed E-state index contributed by atoms with van der Waals surface area (Å²) in [6.45, 7) is -0.115. The lowest BCUT2D eigenvalue weighted by Gasteiger charge is -2.33. The number of carbonyl (C=O) groups is 3. The number of piperazine rings is 1. The quantitative estimate of drug-likeness (QED) is 0.715. The van der Waals surface area contributed by atoms with Crippen molar-refractivity contribution in [3.63, 3.8) is 0 Å². The van der Waals surface area contributed by atoms with Gasteiger partial charge in [-0.15, -0.1) is 0 Å². The molecule has 1 fully saturated rings. The standard InChI is InChI=1S/C22H20F3N3O3/c23-22(24,25)17-9-6-15(7-10-17)8-11-19(29)26-12-21(31)28-13-18(27-20(30)14-28)16-4-2-1-3-5-16/h1-11,18H,12-14H2,(H,26,29)(H,27,30)/b11-8+. The number of hydrogen-bond donors (Lipinski definition) is 2. The van der Waals surface area contributed by atoms with E-state index in [1.807, 2.05) is 30.3 Å². The first-order chi connectivity index (χ1) is 14.7. The van der Waals surface area contributed by atoms with Crippen LogP contribution < -0.4 is 10.6 Å². The molecule has 3 rings (SSSR count). The van der Waals surface area contributed by atoms with Gasteiger partial charge >= 0.3 is 6.18 Å². The van der Waals surface area contributed by atoms with E-state index in [-0.39, 0.29) is 31.6 Å². The lowest BCUT2D eigenvalue weighted by atomic mass is 10.0. The van der Waals surface area contributed by atoms with Gasteiger partial charge in [0.2, 0.25) is 17.7 Å². The Morgan fingerprint density at radius 1 is 1.10 bits per heavy atom. The van der Waals surface area contributed by atoms with Crippen molar-refractivity contribution in [1.82, 2.24) is 15.5 Å². The van der Waals surface area contributed by atoms with Crippen molar-refractivity contribution in [2.45, 2.75) is 12.2 Å². The van der Waals surface area contributed by atoms with Gasteiger partial charge in [-0.2, -0.15) is 13.2 Å². The number of nitrogens with one attached hydrogen (secondary N) is 2. The van der Waals surface area contributed by atoms with Gasteiger partial charge in [0, 0.05) is 12.6 Å². The lowest BCUT2D eigenvalue weighted by molar-refractivity contribution is -0.139. The van der Waals surface area contributed by atoms with Crippen LogP contribution in [0.4, 0.5) is 13.2 Å². The molecule has 6 nitrogen and oxygen atoms in total. The fourth-order valence-electron chi connectivity index (χ4n) is 3.10. The van der Waals surface area contributed by atoms with Gasteiger partial charge in [-0.3, -0.25) is 14.4 Å². The third-order valence-electron chi connectivity index (χ3n) is 4.71. The second kappa shape index (κ2) is 9.46. The molecule has 2 aromatic rings. The third kappa shape index (κ3) is 6.18. The summed E-state index contributed by atoms with van der Waals surface area (Å²) in [5.41, 5.74) is 0.504. The van der Waals surface area contributed by atoms with E-state index in [1.165, 1.54) is 23.1 Å². The third-order valence-corrected chi connectivity index (χ3v) is 4.71. The van der Waals surface area contributed by atoms with E-state index in [0.29, 0.717) is 5.56 Å². The summed E-state index contributed by atoms with van der Waals surface area (Å²) in [6, 6.07) is 13.2. The molecular formula is C22H20F3N3O3. The molecular weight excluding hydrogens is 411 g/mol. The van der Waals surface area contributed by atoms with E-state index in [9.17, 15) is 27.6 Å². The Morgan fingerprint density at radius 2 is 1.77 bits per heavy atom. The van der Waals surface area contributed by atoms with Crippen LogP contribution in [0.3, 0.4) is 0 Å². The van der Waals surface area contributed by atoms with Crippen molar-refractivity contribution >= 4 is 23.8 Å². The van der Waals surface area contributed by atoms with Crippen LogP contribution in [0.1, 0.15) is 22.7 Å². The molecule has 9 heteroatoms. The number of benzene rings is 2. The first kappa shape index (κ1) is 22.1. The van der Waals surface area contributed by atoms with Crippen molar-refractivity contribution in [2.24, 2.45) is 0 Å². The zero-order valence-corrected chi connectivity index (χ0v) is 16.4. The highest BCUT2D eigenvalue weighted by molar-refractivity contribution is 5.95. The molecule has 162 valence electrons. The van der Waals surface area contributed by atoms with Gasteiger partial charge in [0.25, 0.3) is 0 Å². The van der Waals surface area contributed by atoms with Gasteiger partial charge < -0.3 is 15.5 Å². The molecule has 1 heterocycles. The molecule has 0 spiro atoms. The highest BCUT2D eigenvalue weighted by Gasteiger charge is 2.30. The number of nitrogens with zero attached hydrogens (tertiary/aromatic N) is 1. The minimum absolute atomic E-state index is 0.0978. The van der Waals surface area contributed by atoms with Crippen LogP contribution in [0.25, 0.3) is 6.08 Å². The number of hydrogen-bond acceptors (Lipinski definition) is 3. The van der Waals surface area contributed by atoms with Gasteiger partial charge in [-0.05, 0) is 29.3 Å². The Balaban J connectivity index is 1.52. The average Bonchev–Trinajstić information content (AvgIpc) is 2.76. The second-order valence-corrected chi connectivity index (χ2v) is 6.98. The molecule has 0 aromatic heterocycles. The highest BCUT2D eigenvalue weighted by atomic mass is 19.4. The van der Waals surface area contributed by atoms with Crippen LogP contribution in [0.2, 0.25) is 0 Å². The fourth-order valence-corrected chi connectivity index (χ4v) is 3.10. The molecule has 1 saturated heterocycles. The van der Waals surface area contributed by atoms with Gasteiger partial charge in [0.15, 0.2) is 0 Å². The molecule has 0 bridgehead atoms. The first-order valence-electron chi connectivity index (χ1n) is 9.47. The smallest absolute Gasteiger partial charge is 0.346 e. The van der Waals surface area contributed by atoms with Crippen LogP contribution in [-0.2, 0) is 20.6 Å². The van der Waals surface area contributed by atoms with Crippen LogP contribution in [0.5, 0.6) is 0 Å². The van der Waals surface area contributed by atoms with E-state index < -0.39 is 23.6 Å². The van der Waals surface area contributed by atoms with Crippen molar-refractivity contribution in [2.75, 3.05) is 19.6 Å². The number of alkyl halides is 3. The predicted octanol–water partition coefficient (Wildman–Crippen LogP) is 2.53. The highest BCUT2D eigenvalue weighted by Crippen LogP contribution is 2.29. The minimum atomic E-state index is -4.43. The number of amides is 3. The molecule has 2 N–H and O–H groups in total. The van der Waals surface area contributed by atoms with Gasteiger partial charge in [0.05, 0.1) is 24.7 Å². The Hall–Kier alpha value is -3.62. The van der Waals surface area contributed by atoms with Gasteiger partial charge in [0.1, 0.15) is 0 Å². The molecule has 1 aliphatic heterocycles. The van der Waals surface area contributed by atoms with Crippen LogP contribution in [0, 0.1) is 0 Å². The zero-order chi connectivity index (χ0) is 22.4. The Labute approximate surface area is 176 Å². The monoisotopic (exact) mass is 431 g/mol. The zero-order valence-electron chi connectivity index (χ0n) is 16.4. The number of halogens is 3. The molecule has 0 saturated carbocycles. The van der Waals surface area contributed by atoms with Crippen LogP contribution >= 0.6 is 0 Å². The van der Waals surface area contributed by atoms with Crippen molar-refractivity contribution in [3.8, 4) is 0 Å². The maximum Gasteiger partial charge on any atom is 0.416 e. The second-order valence-electron chi connectivity index (χ2n) is 6.98. The average molecular weight is 431 g/mol. The molecule has 31 heavy (non-hydrogen) atoms. The van der Waals surface area contributed by atoms with Crippen LogP contribution in [-0.4, -0.2) is 42.3 Å². The molecule has 2 aromatic carbocycles. The van der Waals surface area contributed by atoms with Gasteiger partial charge in [-0.1, -0.05) is 42.5 Å². The number of rotatable bonds is 5. The summed E-state index contributed by atoms with van der Waals surface area (Å²) in [7, 11) is 0. The molecule has 3 amide bonds. The van der Waals surface area contributed by atoms with E-state index >= 15 is 0 Å². The molecule has 1 atom stereocenters. The Kier molecular flexibility index (Phi) is 6.74. The summed E-state index contributed by atoms with van der Waals surface area (Å²) in [6.07, 6.45) is -1.95. The molecule has 0 radical (unpaired) electrons. The normalized spacial score (nSPS) is 16.8. The van der Waals surface area contributed by atoms with E-state index in [1.54, 1.807) is 0 Å². The van der Waals surface area contributed by atoms with E-state index in [0.717, 1.165) is 23.8 Å².